The van der Waals surface area contributed by atoms with E-state index in [1.165, 1.54) is 17.7 Å². The smallest absolute Gasteiger partial charge is 0.0468 e. The maximum Gasteiger partial charge on any atom is 0.0468 e. The summed E-state index contributed by atoms with van der Waals surface area (Å²) in [5.74, 6) is 0.802. The first-order valence-corrected chi connectivity index (χ1v) is 6.18. The van der Waals surface area contributed by atoms with E-state index in [1.54, 1.807) is 11.3 Å². The molecule has 0 aliphatic heterocycles. The predicted octanol–water partition coefficient (Wildman–Crippen LogP) is 2.86. The van der Waals surface area contributed by atoms with Gasteiger partial charge in [-0.25, -0.2) is 0 Å². The lowest BCUT2D eigenvalue weighted by atomic mass is 10.0. The number of thiophene rings is 1. The Hall–Kier alpha value is -0.540. The zero-order valence-corrected chi connectivity index (χ0v) is 9.86. The summed E-state index contributed by atoms with van der Waals surface area (Å²) in [6.45, 7) is 6.51. The molecule has 3 heteroatoms. The van der Waals surface area contributed by atoms with Crippen LogP contribution in [-0.2, 0) is 6.54 Å². The third-order valence-electron chi connectivity index (χ3n) is 2.65. The summed E-state index contributed by atoms with van der Waals surface area (Å²) in [5.41, 5.74) is 6.72. The first kappa shape index (κ1) is 11.5. The molecule has 0 atom stereocenters. The second-order valence-corrected chi connectivity index (χ2v) is 4.61. The second-order valence-electron chi connectivity index (χ2n) is 3.61. The van der Waals surface area contributed by atoms with Crippen molar-refractivity contribution in [1.82, 2.24) is 5.32 Å². The highest BCUT2D eigenvalue weighted by molar-refractivity contribution is 7.10. The Bertz CT molecular complexity index is 254. The van der Waals surface area contributed by atoms with Crippen LogP contribution in [0.1, 0.15) is 31.6 Å². The fraction of sp³-hybridized carbons (Fsp3) is 0.636. The molecule has 0 spiro atoms. The summed E-state index contributed by atoms with van der Waals surface area (Å²) in [6.07, 6.45) is 2.51. The van der Waals surface area contributed by atoms with Crippen LogP contribution >= 0.6 is 11.3 Å². The van der Waals surface area contributed by atoms with E-state index >= 15 is 0 Å². The van der Waals surface area contributed by atoms with E-state index in [1.807, 2.05) is 11.4 Å². The summed E-state index contributed by atoms with van der Waals surface area (Å²) >= 11 is 1.73. The molecule has 80 valence electrons. The van der Waals surface area contributed by atoms with Crippen LogP contribution in [0.5, 0.6) is 0 Å². The topological polar surface area (TPSA) is 38.0 Å². The van der Waals surface area contributed by atoms with Gasteiger partial charge >= 0.3 is 0 Å². The third-order valence-corrected chi connectivity index (χ3v) is 3.59. The van der Waals surface area contributed by atoms with Gasteiger partial charge in [0, 0.05) is 17.1 Å². The van der Waals surface area contributed by atoms with Crippen molar-refractivity contribution >= 4 is 17.0 Å². The highest BCUT2D eigenvalue weighted by atomic mass is 32.1. The molecule has 0 amide bonds. The minimum Gasteiger partial charge on any atom is -0.398 e. The molecule has 0 saturated heterocycles. The normalized spacial score (nSPS) is 11.1. The van der Waals surface area contributed by atoms with Gasteiger partial charge in [0.05, 0.1) is 0 Å². The largest absolute Gasteiger partial charge is 0.398 e. The number of anilines is 1. The van der Waals surface area contributed by atoms with Crippen LogP contribution in [0.4, 0.5) is 5.69 Å². The number of nitrogens with one attached hydrogen (secondary N) is 1. The van der Waals surface area contributed by atoms with Gasteiger partial charge in [0.2, 0.25) is 0 Å². The van der Waals surface area contributed by atoms with Gasteiger partial charge in [0.25, 0.3) is 0 Å². The predicted molar refractivity (Wildman–Crippen MR) is 64.5 cm³/mol. The Morgan fingerprint density at radius 3 is 2.64 bits per heavy atom. The number of hydrogen-bond acceptors (Lipinski definition) is 3. The van der Waals surface area contributed by atoms with Crippen LogP contribution in [-0.4, -0.2) is 6.54 Å². The van der Waals surface area contributed by atoms with Crippen molar-refractivity contribution in [3.63, 3.8) is 0 Å². The Morgan fingerprint density at radius 2 is 2.14 bits per heavy atom. The van der Waals surface area contributed by atoms with Crippen LogP contribution in [0.2, 0.25) is 0 Å². The van der Waals surface area contributed by atoms with Crippen LogP contribution in [0.25, 0.3) is 0 Å². The van der Waals surface area contributed by atoms with Gasteiger partial charge in [-0.3, -0.25) is 0 Å². The van der Waals surface area contributed by atoms with Crippen LogP contribution in [0, 0.1) is 5.92 Å². The molecule has 1 heterocycles. The zero-order valence-electron chi connectivity index (χ0n) is 9.05. The van der Waals surface area contributed by atoms with E-state index in [0.29, 0.717) is 0 Å². The third kappa shape index (κ3) is 3.31. The van der Waals surface area contributed by atoms with E-state index in [0.717, 1.165) is 24.7 Å². The fourth-order valence-electron chi connectivity index (χ4n) is 1.46. The maximum atomic E-state index is 5.79. The summed E-state index contributed by atoms with van der Waals surface area (Å²) in [4.78, 5) is 1.26. The molecule has 14 heavy (non-hydrogen) atoms. The molecule has 0 unspecified atom stereocenters. The SMILES string of the molecule is CCC(CC)CNCc1sccc1N. The molecule has 0 saturated carbocycles. The minimum atomic E-state index is 0.802. The first-order chi connectivity index (χ1) is 6.77. The molecule has 0 bridgehead atoms. The molecule has 0 radical (unpaired) electrons. The quantitative estimate of drug-likeness (QED) is 0.761. The van der Waals surface area contributed by atoms with Gasteiger partial charge in [-0.15, -0.1) is 11.3 Å². The average Bonchev–Trinajstić information content (AvgIpc) is 2.59. The number of nitrogens with two attached hydrogens (primary N) is 1. The molecule has 1 aromatic heterocycles. The van der Waals surface area contributed by atoms with Crippen LogP contribution < -0.4 is 11.1 Å². The number of nitrogen functional groups attached to an aromatic ring is 1. The van der Waals surface area contributed by atoms with E-state index in [4.69, 9.17) is 5.73 Å². The van der Waals surface area contributed by atoms with Gasteiger partial charge in [0.15, 0.2) is 0 Å². The lowest BCUT2D eigenvalue weighted by Gasteiger charge is -2.12. The number of rotatable bonds is 6. The molecular formula is C11H20N2S. The molecular weight excluding hydrogens is 192 g/mol. The van der Waals surface area contributed by atoms with Crippen molar-refractivity contribution in [3.05, 3.63) is 16.3 Å². The van der Waals surface area contributed by atoms with Crippen molar-refractivity contribution in [1.29, 1.82) is 0 Å². The first-order valence-electron chi connectivity index (χ1n) is 5.30. The van der Waals surface area contributed by atoms with E-state index < -0.39 is 0 Å². The van der Waals surface area contributed by atoms with Gasteiger partial charge in [-0.2, -0.15) is 0 Å². The lowest BCUT2D eigenvalue weighted by molar-refractivity contribution is 0.451. The fourth-order valence-corrected chi connectivity index (χ4v) is 2.23. The Labute approximate surface area is 90.5 Å². The molecule has 3 N–H and O–H groups in total. The summed E-state index contributed by atoms with van der Waals surface area (Å²) in [5, 5.41) is 5.51. The Morgan fingerprint density at radius 1 is 1.43 bits per heavy atom. The molecule has 0 aliphatic rings. The maximum absolute atomic E-state index is 5.79. The highest BCUT2D eigenvalue weighted by Gasteiger charge is 2.04. The summed E-state index contributed by atoms with van der Waals surface area (Å²) < 4.78 is 0. The van der Waals surface area contributed by atoms with E-state index in [-0.39, 0.29) is 0 Å². The van der Waals surface area contributed by atoms with Gasteiger partial charge in [-0.1, -0.05) is 26.7 Å². The van der Waals surface area contributed by atoms with Crippen LogP contribution in [0.15, 0.2) is 11.4 Å². The van der Waals surface area contributed by atoms with Crippen LogP contribution in [0.3, 0.4) is 0 Å². The Kier molecular flexibility index (Phi) is 4.98. The van der Waals surface area contributed by atoms with Crippen molar-refractivity contribution in [2.75, 3.05) is 12.3 Å². The zero-order chi connectivity index (χ0) is 10.4. The summed E-state index contributed by atoms with van der Waals surface area (Å²) in [6, 6.07) is 1.97. The standard InChI is InChI=1S/C11H20N2S/c1-3-9(4-2)7-13-8-11-10(12)5-6-14-11/h5-6,9,13H,3-4,7-8,12H2,1-2H3. The Balaban J connectivity index is 2.24. The molecule has 1 aromatic rings. The minimum absolute atomic E-state index is 0.802. The molecule has 0 fully saturated rings. The molecule has 1 rings (SSSR count). The summed E-state index contributed by atoms with van der Waals surface area (Å²) in [7, 11) is 0. The number of hydrogen-bond donors (Lipinski definition) is 2. The molecule has 0 aromatic carbocycles. The van der Waals surface area contributed by atoms with Crippen molar-refractivity contribution in [2.45, 2.75) is 33.2 Å². The molecule has 2 nitrogen and oxygen atoms in total. The second kappa shape index (κ2) is 6.04. The van der Waals surface area contributed by atoms with Crippen molar-refractivity contribution in [2.24, 2.45) is 5.92 Å². The van der Waals surface area contributed by atoms with Gasteiger partial charge < -0.3 is 11.1 Å². The van der Waals surface area contributed by atoms with Gasteiger partial charge in [0.1, 0.15) is 0 Å². The van der Waals surface area contributed by atoms with Crippen molar-refractivity contribution < 1.29 is 0 Å². The molecule has 0 aliphatic carbocycles. The van der Waals surface area contributed by atoms with E-state index in [2.05, 4.69) is 19.2 Å². The van der Waals surface area contributed by atoms with Crippen molar-refractivity contribution in [3.8, 4) is 0 Å². The monoisotopic (exact) mass is 212 g/mol. The average molecular weight is 212 g/mol. The highest BCUT2D eigenvalue weighted by Crippen LogP contribution is 2.18. The lowest BCUT2D eigenvalue weighted by Crippen LogP contribution is -2.21. The van der Waals surface area contributed by atoms with Gasteiger partial charge in [-0.05, 0) is 23.9 Å². The van der Waals surface area contributed by atoms with E-state index in [9.17, 15) is 0 Å².